The summed E-state index contributed by atoms with van der Waals surface area (Å²) in [6.45, 7) is 6.41. The van der Waals surface area contributed by atoms with Crippen molar-refractivity contribution >= 4 is 10.9 Å². The van der Waals surface area contributed by atoms with E-state index in [0.717, 1.165) is 11.2 Å². The lowest BCUT2D eigenvalue weighted by Gasteiger charge is -2.07. The Balaban J connectivity index is 2.70. The molecule has 0 amide bonds. The Bertz CT molecular complexity index is 461. The van der Waals surface area contributed by atoms with Crippen molar-refractivity contribution in [3.8, 4) is 0 Å². The van der Waals surface area contributed by atoms with Crippen LogP contribution >= 0.6 is 0 Å². The first kappa shape index (κ1) is 9.13. The maximum absolute atomic E-state index is 4.23. The van der Waals surface area contributed by atoms with Gasteiger partial charge >= 0.3 is 0 Å². The number of fused-ring (bicyclic) bond motifs is 1. The average Bonchev–Trinajstić information content (AvgIpc) is 2.18. The molecule has 0 saturated heterocycles. The predicted octanol–water partition coefficient (Wildman–Crippen LogP) is 3.06. The van der Waals surface area contributed by atoms with Crippen LogP contribution in [-0.4, -0.2) is 9.97 Å². The van der Waals surface area contributed by atoms with Gasteiger partial charge in [-0.1, -0.05) is 19.9 Å². The fourth-order valence-corrected chi connectivity index (χ4v) is 1.56. The summed E-state index contributed by atoms with van der Waals surface area (Å²) in [6.07, 6.45) is 1.62. The zero-order chi connectivity index (χ0) is 10.1. The zero-order valence-electron chi connectivity index (χ0n) is 8.78. The van der Waals surface area contributed by atoms with E-state index in [1.54, 1.807) is 6.33 Å². The highest BCUT2D eigenvalue weighted by Gasteiger charge is 2.03. The van der Waals surface area contributed by atoms with Crippen molar-refractivity contribution in [1.29, 1.82) is 0 Å². The molecule has 1 heterocycles. The molecule has 72 valence electrons. The van der Waals surface area contributed by atoms with E-state index in [4.69, 9.17) is 0 Å². The van der Waals surface area contributed by atoms with Gasteiger partial charge in [-0.2, -0.15) is 0 Å². The Kier molecular flexibility index (Phi) is 2.20. The lowest BCUT2D eigenvalue weighted by atomic mass is 10.0. The summed E-state index contributed by atoms with van der Waals surface area (Å²) >= 11 is 0. The van der Waals surface area contributed by atoms with Gasteiger partial charge in [0.15, 0.2) is 0 Å². The van der Waals surface area contributed by atoms with Gasteiger partial charge in [-0.05, 0) is 30.5 Å². The Morgan fingerprint density at radius 2 is 1.93 bits per heavy atom. The summed E-state index contributed by atoms with van der Waals surface area (Å²) in [4.78, 5) is 8.43. The molecule has 2 heteroatoms. The minimum absolute atomic E-state index is 0.555. The van der Waals surface area contributed by atoms with Crippen LogP contribution in [-0.2, 0) is 0 Å². The van der Waals surface area contributed by atoms with Crippen molar-refractivity contribution in [2.45, 2.75) is 26.7 Å². The maximum Gasteiger partial charge on any atom is 0.116 e. The standard InChI is InChI=1S/C12H14N2/c1-8(2)10-4-5-12-11(6-10)9(3)13-7-14-12/h4-8H,1-3H3. The summed E-state index contributed by atoms with van der Waals surface area (Å²) in [5.41, 5.74) is 3.43. The van der Waals surface area contributed by atoms with Crippen molar-refractivity contribution in [2.24, 2.45) is 0 Å². The molecule has 0 fully saturated rings. The lowest BCUT2D eigenvalue weighted by molar-refractivity contribution is 0.868. The Labute approximate surface area is 84.0 Å². The second-order valence-electron chi connectivity index (χ2n) is 3.89. The molecule has 0 unspecified atom stereocenters. The summed E-state index contributed by atoms with van der Waals surface area (Å²) in [7, 11) is 0. The molecule has 0 aliphatic heterocycles. The molecule has 0 N–H and O–H groups in total. The first-order chi connectivity index (χ1) is 6.68. The van der Waals surface area contributed by atoms with Gasteiger partial charge in [0.1, 0.15) is 6.33 Å². The van der Waals surface area contributed by atoms with Gasteiger partial charge in [0.25, 0.3) is 0 Å². The molecular formula is C12H14N2. The third-order valence-electron chi connectivity index (χ3n) is 2.53. The van der Waals surface area contributed by atoms with Crippen LogP contribution in [0.1, 0.15) is 31.0 Å². The second kappa shape index (κ2) is 3.37. The zero-order valence-corrected chi connectivity index (χ0v) is 8.78. The number of rotatable bonds is 1. The molecular weight excluding hydrogens is 172 g/mol. The van der Waals surface area contributed by atoms with Gasteiger partial charge in [0.2, 0.25) is 0 Å². The minimum atomic E-state index is 0.555. The van der Waals surface area contributed by atoms with E-state index in [1.807, 2.05) is 6.92 Å². The monoisotopic (exact) mass is 186 g/mol. The van der Waals surface area contributed by atoms with Crippen molar-refractivity contribution in [3.63, 3.8) is 0 Å². The smallest absolute Gasteiger partial charge is 0.116 e. The molecule has 0 radical (unpaired) electrons. The van der Waals surface area contributed by atoms with Crippen LogP contribution in [0, 0.1) is 6.92 Å². The van der Waals surface area contributed by atoms with Gasteiger partial charge in [-0.15, -0.1) is 0 Å². The molecule has 2 aromatic rings. The van der Waals surface area contributed by atoms with E-state index in [0.29, 0.717) is 5.92 Å². The van der Waals surface area contributed by atoms with E-state index in [-0.39, 0.29) is 0 Å². The molecule has 1 aromatic heterocycles. The minimum Gasteiger partial charge on any atom is -0.241 e. The number of aromatic nitrogens is 2. The van der Waals surface area contributed by atoms with Gasteiger partial charge in [0, 0.05) is 11.1 Å². The van der Waals surface area contributed by atoms with E-state index >= 15 is 0 Å². The summed E-state index contributed by atoms with van der Waals surface area (Å²) < 4.78 is 0. The van der Waals surface area contributed by atoms with Crippen molar-refractivity contribution in [3.05, 3.63) is 35.8 Å². The van der Waals surface area contributed by atoms with Gasteiger partial charge in [0.05, 0.1) is 5.52 Å². The number of benzene rings is 1. The highest BCUT2D eigenvalue weighted by Crippen LogP contribution is 2.21. The van der Waals surface area contributed by atoms with Crippen molar-refractivity contribution < 1.29 is 0 Å². The van der Waals surface area contributed by atoms with E-state index in [2.05, 4.69) is 42.0 Å². The molecule has 0 aliphatic rings. The molecule has 1 aromatic carbocycles. The third-order valence-corrected chi connectivity index (χ3v) is 2.53. The summed E-state index contributed by atoms with van der Waals surface area (Å²) in [6, 6.07) is 6.40. The van der Waals surface area contributed by atoms with Crippen molar-refractivity contribution in [2.75, 3.05) is 0 Å². The molecule has 0 bridgehead atoms. The molecule has 0 saturated carbocycles. The lowest BCUT2D eigenvalue weighted by Crippen LogP contribution is -1.91. The van der Waals surface area contributed by atoms with Crippen LogP contribution in [0.15, 0.2) is 24.5 Å². The highest BCUT2D eigenvalue weighted by molar-refractivity contribution is 5.81. The van der Waals surface area contributed by atoms with Crippen LogP contribution in [0.2, 0.25) is 0 Å². The van der Waals surface area contributed by atoms with Crippen LogP contribution in [0.5, 0.6) is 0 Å². The predicted molar refractivity (Wildman–Crippen MR) is 58.4 cm³/mol. The molecule has 2 rings (SSSR count). The van der Waals surface area contributed by atoms with E-state index in [1.165, 1.54) is 10.9 Å². The van der Waals surface area contributed by atoms with Crippen LogP contribution in [0.25, 0.3) is 10.9 Å². The third kappa shape index (κ3) is 1.48. The Morgan fingerprint density at radius 3 is 2.64 bits per heavy atom. The molecule has 0 spiro atoms. The van der Waals surface area contributed by atoms with Crippen LogP contribution < -0.4 is 0 Å². The number of hydrogen-bond donors (Lipinski definition) is 0. The van der Waals surface area contributed by atoms with E-state index < -0.39 is 0 Å². The highest BCUT2D eigenvalue weighted by atomic mass is 14.8. The largest absolute Gasteiger partial charge is 0.241 e. The molecule has 2 nitrogen and oxygen atoms in total. The maximum atomic E-state index is 4.23. The first-order valence-corrected chi connectivity index (χ1v) is 4.90. The number of hydrogen-bond acceptors (Lipinski definition) is 2. The summed E-state index contributed by atoms with van der Waals surface area (Å²) in [5, 5.41) is 1.17. The Morgan fingerprint density at radius 1 is 1.14 bits per heavy atom. The fourth-order valence-electron chi connectivity index (χ4n) is 1.56. The SMILES string of the molecule is Cc1ncnc2ccc(C(C)C)cc12. The van der Waals surface area contributed by atoms with Crippen LogP contribution in [0.4, 0.5) is 0 Å². The number of aryl methyl sites for hydroxylation is 1. The van der Waals surface area contributed by atoms with Crippen molar-refractivity contribution in [1.82, 2.24) is 9.97 Å². The number of nitrogens with zero attached hydrogens (tertiary/aromatic N) is 2. The second-order valence-corrected chi connectivity index (χ2v) is 3.89. The van der Waals surface area contributed by atoms with Gasteiger partial charge < -0.3 is 0 Å². The molecule has 0 atom stereocenters. The van der Waals surface area contributed by atoms with Gasteiger partial charge in [-0.25, -0.2) is 9.97 Å². The first-order valence-electron chi connectivity index (χ1n) is 4.90. The Hall–Kier alpha value is -1.44. The molecule has 0 aliphatic carbocycles. The van der Waals surface area contributed by atoms with E-state index in [9.17, 15) is 0 Å². The summed E-state index contributed by atoms with van der Waals surface area (Å²) in [5.74, 6) is 0.555. The van der Waals surface area contributed by atoms with Gasteiger partial charge in [-0.3, -0.25) is 0 Å². The fraction of sp³-hybridized carbons (Fsp3) is 0.333. The average molecular weight is 186 g/mol. The van der Waals surface area contributed by atoms with Crippen LogP contribution in [0.3, 0.4) is 0 Å². The quantitative estimate of drug-likeness (QED) is 0.684. The molecule has 14 heavy (non-hydrogen) atoms. The topological polar surface area (TPSA) is 25.8 Å². The normalized spacial score (nSPS) is 11.1.